The van der Waals surface area contributed by atoms with Gasteiger partial charge in [0.25, 0.3) is 0 Å². The van der Waals surface area contributed by atoms with Gasteiger partial charge in [0.2, 0.25) is 0 Å². The highest BCUT2D eigenvalue weighted by Gasteiger charge is 2.18. The van der Waals surface area contributed by atoms with Crippen molar-refractivity contribution < 1.29 is 4.74 Å². The molecule has 0 spiro atoms. The third-order valence-electron chi connectivity index (χ3n) is 4.01. The molecule has 0 aromatic heterocycles. The van der Waals surface area contributed by atoms with Gasteiger partial charge in [0.1, 0.15) is 5.75 Å². The molecule has 2 N–H and O–H groups in total. The number of nitrogens with two attached hydrogens (primary N) is 1. The molecule has 0 fully saturated rings. The van der Waals surface area contributed by atoms with Gasteiger partial charge in [-0.25, -0.2) is 0 Å². The first kappa shape index (κ1) is 18.0. The summed E-state index contributed by atoms with van der Waals surface area (Å²) in [4.78, 5) is 2.59. The van der Waals surface area contributed by atoms with Crippen LogP contribution in [-0.4, -0.2) is 24.6 Å². The van der Waals surface area contributed by atoms with Gasteiger partial charge in [-0.3, -0.25) is 4.90 Å². The third-order valence-corrected chi connectivity index (χ3v) is 4.01. The Morgan fingerprint density at radius 2 is 1.86 bits per heavy atom. The minimum atomic E-state index is 0.576. The minimum Gasteiger partial charge on any atom is -0.496 e. The smallest absolute Gasteiger partial charge is 0.123 e. The molecule has 0 aliphatic heterocycles. The lowest BCUT2D eigenvalue weighted by atomic mass is 10.0. The van der Waals surface area contributed by atoms with Crippen LogP contribution in [0.5, 0.6) is 5.75 Å². The van der Waals surface area contributed by atoms with Crippen LogP contribution in [0.4, 0.5) is 0 Å². The second-order valence-electron chi connectivity index (χ2n) is 6.14. The van der Waals surface area contributed by atoms with Crippen molar-refractivity contribution in [3.8, 4) is 5.75 Å². The summed E-state index contributed by atoms with van der Waals surface area (Å²) in [7, 11) is 1.74. The minimum absolute atomic E-state index is 0.576. The van der Waals surface area contributed by atoms with E-state index in [9.17, 15) is 0 Å². The molecule has 1 aromatic carbocycles. The average molecular weight is 292 g/mol. The van der Waals surface area contributed by atoms with Crippen molar-refractivity contribution in [2.45, 2.75) is 59.7 Å². The molecule has 0 saturated carbocycles. The zero-order valence-electron chi connectivity index (χ0n) is 14.4. The largest absolute Gasteiger partial charge is 0.496 e. The van der Waals surface area contributed by atoms with Gasteiger partial charge >= 0.3 is 0 Å². The lowest BCUT2D eigenvalue weighted by Crippen LogP contribution is -2.36. The number of benzene rings is 1. The highest BCUT2D eigenvalue weighted by Crippen LogP contribution is 2.24. The maximum absolute atomic E-state index is 5.78. The molecule has 21 heavy (non-hydrogen) atoms. The van der Waals surface area contributed by atoms with Gasteiger partial charge in [-0.15, -0.1) is 0 Å². The fraction of sp³-hybridized carbons (Fsp3) is 0.667. The first-order valence-corrected chi connectivity index (χ1v) is 8.15. The molecule has 0 heterocycles. The van der Waals surface area contributed by atoms with E-state index in [0.717, 1.165) is 18.8 Å². The molecular formula is C18H32N2O. The molecule has 0 radical (unpaired) electrons. The predicted molar refractivity (Wildman–Crippen MR) is 90.5 cm³/mol. The van der Waals surface area contributed by atoms with Crippen LogP contribution in [0, 0.1) is 5.92 Å². The molecule has 120 valence electrons. The molecule has 0 aliphatic rings. The van der Waals surface area contributed by atoms with Crippen molar-refractivity contribution in [1.29, 1.82) is 0 Å². The molecule has 0 aliphatic carbocycles. The standard InChI is InChI=1S/C18H32N2O/c1-6-17(7-2)20(12-14(3)4)13-16-10-15(11-19)8-9-18(16)21-5/h8-10,14,17H,6-7,11-13,19H2,1-5H3. The molecule has 0 atom stereocenters. The van der Waals surface area contributed by atoms with Crippen molar-refractivity contribution in [3.63, 3.8) is 0 Å². The number of nitrogens with zero attached hydrogens (tertiary/aromatic N) is 1. The van der Waals surface area contributed by atoms with Crippen LogP contribution in [0.3, 0.4) is 0 Å². The van der Waals surface area contributed by atoms with Gasteiger partial charge in [0.15, 0.2) is 0 Å². The normalized spacial score (nSPS) is 11.7. The summed E-state index contributed by atoms with van der Waals surface area (Å²) < 4.78 is 5.53. The van der Waals surface area contributed by atoms with E-state index >= 15 is 0 Å². The quantitative estimate of drug-likeness (QED) is 0.752. The van der Waals surface area contributed by atoms with Gasteiger partial charge in [-0.1, -0.05) is 33.8 Å². The van der Waals surface area contributed by atoms with E-state index in [-0.39, 0.29) is 0 Å². The van der Waals surface area contributed by atoms with Crippen LogP contribution in [0.25, 0.3) is 0 Å². The van der Waals surface area contributed by atoms with E-state index < -0.39 is 0 Å². The van der Waals surface area contributed by atoms with Crippen molar-refractivity contribution in [2.75, 3.05) is 13.7 Å². The first-order valence-electron chi connectivity index (χ1n) is 8.15. The summed E-state index contributed by atoms with van der Waals surface area (Å²) in [6.45, 7) is 11.7. The van der Waals surface area contributed by atoms with E-state index in [4.69, 9.17) is 10.5 Å². The summed E-state index contributed by atoms with van der Waals surface area (Å²) in [6.07, 6.45) is 2.37. The number of methoxy groups -OCH3 is 1. The lowest BCUT2D eigenvalue weighted by molar-refractivity contribution is 0.156. The maximum atomic E-state index is 5.78. The number of hydrogen-bond donors (Lipinski definition) is 1. The molecule has 0 amide bonds. The summed E-state index contributed by atoms with van der Waals surface area (Å²) in [5, 5.41) is 0. The number of rotatable bonds is 9. The number of ether oxygens (including phenoxy) is 1. The van der Waals surface area contributed by atoms with Crippen LogP contribution in [0.2, 0.25) is 0 Å². The van der Waals surface area contributed by atoms with Gasteiger partial charge in [-0.05, 0) is 36.5 Å². The Hall–Kier alpha value is -1.06. The maximum Gasteiger partial charge on any atom is 0.123 e. The second-order valence-corrected chi connectivity index (χ2v) is 6.14. The van der Waals surface area contributed by atoms with Crippen molar-refractivity contribution in [2.24, 2.45) is 11.7 Å². The fourth-order valence-corrected chi connectivity index (χ4v) is 2.92. The Bertz CT molecular complexity index is 414. The highest BCUT2D eigenvalue weighted by atomic mass is 16.5. The van der Waals surface area contributed by atoms with Gasteiger partial charge in [0.05, 0.1) is 7.11 Å². The van der Waals surface area contributed by atoms with Crippen LogP contribution in [0.1, 0.15) is 51.7 Å². The Labute approximate surface area is 130 Å². The molecule has 0 saturated heterocycles. The van der Waals surface area contributed by atoms with Crippen molar-refractivity contribution in [3.05, 3.63) is 29.3 Å². The molecule has 1 aromatic rings. The zero-order valence-corrected chi connectivity index (χ0v) is 14.4. The van der Waals surface area contributed by atoms with Gasteiger partial charge in [0, 0.05) is 31.2 Å². The summed E-state index contributed by atoms with van der Waals surface area (Å²) in [5.41, 5.74) is 8.19. The van der Waals surface area contributed by atoms with Crippen LogP contribution >= 0.6 is 0 Å². The Balaban J connectivity index is 3.00. The summed E-state index contributed by atoms with van der Waals surface area (Å²) in [5.74, 6) is 1.63. The molecule has 3 nitrogen and oxygen atoms in total. The van der Waals surface area contributed by atoms with E-state index in [0.29, 0.717) is 18.5 Å². The Morgan fingerprint density at radius 1 is 1.19 bits per heavy atom. The topological polar surface area (TPSA) is 38.5 Å². The lowest BCUT2D eigenvalue weighted by Gasteiger charge is -2.32. The Kier molecular flexibility index (Phi) is 7.76. The van der Waals surface area contributed by atoms with Gasteiger partial charge < -0.3 is 10.5 Å². The predicted octanol–water partition coefficient (Wildman–Crippen LogP) is 3.80. The monoisotopic (exact) mass is 292 g/mol. The molecular weight excluding hydrogens is 260 g/mol. The third kappa shape index (κ3) is 5.33. The Morgan fingerprint density at radius 3 is 2.33 bits per heavy atom. The average Bonchev–Trinajstić information content (AvgIpc) is 2.47. The van der Waals surface area contributed by atoms with Crippen LogP contribution in [-0.2, 0) is 13.1 Å². The number of hydrogen-bond acceptors (Lipinski definition) is 3. The van der Waals surface area contributed by atoms with Gasteiger partial charge in [-0.2, -0.15) is 0 Å². The molecule has 1 rings (SSSR count). The highest BCUT2D eigenvalue weighted by molar-refractivity contribution is 5.37. The van der Waals surface area contributed by atoms with E-state index in [1.165, 1.54) is 24.0 Å². The van der Waals surface area contributed by atoms with Crippen molar-refractivity contribution >= 4 is 0 Å². The first-order chi connectivity index (χ1) is 10.0. The summed E-state index contributed by atoms with van der Waals surface area (Å²) >= 11 is 0. The molecule has 0 bridgehead atoms. The van der Waals surface area contributed by atoms with E-state index in [1.807, 2.05) is 12.1 Å². The van der Waals surface area contributed by atoms with E-state index in [2.05, 4.69) is 38.7 Å². The zero-order chi connectivity index (χ0) is 15.8. The van der Waals surface area contributed by atoms with Crippen LogP contribution < -0.4 is 10.5 Å². The van der Waals surface area contributed by atoms with Crippen LogP contribution in [0.15, 0.2) is 18.2 Å². The van der Waals surface area contributed by atoms with Crippen molar-refractivity contribution in [1.82, 2.24) is 4.90 Å². The summed E-state index contributed by atoms with van der Waals surface area (Å²) in [6, 6.07) is 6.90. The molecule has 0 unspecified atom stereocenters. The molecule has 3 heteroatoms. The fourth-order valence-electron chi connectivity index (χ4n) is 2.92. The second kappa shape index (κ2) is 9.06. The van der Waals surface area contributed by atoms with E-state index in [1.54, 1.807) is 7.11 Å². The SMILES string of the molecule is CCC(CC)N(Cc1cc(CN)ccc1OC)CC(C)C.